The van der Waals surface area contributed by atoms with Crippen molar-refractivity contribution >= 4 is 17.5 Å². The largest absolute Gasteiger partial charge is 0.375 e. The number of methoxy groups -OCH3 is 1. The summed E-state index contributed by atoms with van der Waals surface area (Å²) in [5.74, 6) is -0.444. The molecule has 0 bridgehead atoms. The van der Waals surface area contributed by atoms with E-state index in [0.29, 0.717) is 17.8 Å². The van der Waals surface area contributed by atoms with Crippen LogP contribution in [0.1, 0.15) is 15.9 Å². The Balaban J connectivity index is 2.13. The highest BCUT2D eigenvalue weighted by molar-refractivity contribution is 6.03. The summed E-state index contributed by atoms with van der Waals surface area (Å²) in [6.45, 7) is 0.447. The Hall–Kier alpha value is -2.66. The predicted octanol–water partition coefficient (Wildman–Crippen LogP) is 2.54. The molecule has 2 aromatic carbocycles. The van der Waals surface area contributed by atoms with Gasteiger partial charge in [0.2, 0.25) is 5.91 Å². The van der Waals surface area contributed by atoms with E-state index in [0.717, 1.165) is 5.56 Å². The maximum Gasteiger partial charge on any atom is 0.256 e. The van der Waals surface area contributed by atoms with Gasteiger partial charge in [-0.1, -0.05) is 42.5 Å². The standard InChI is InChI=1S/C18H20N2O3/c1-20(12-14-8-4-3-5-9-14)18(22)15-10-6-7-11-16(15)19-17(21)13-23-2/h3-11H,12-13H2,1-2H3,(H,19,21). The van der Waals surface area contributed by atoms with Gasteiger partial charge in [-0.05, 0) is 17.7 Å². The second kappa shape index (κ2) is 8.10. The van der Waals surface area contributed by atoms with Crippen LogP contribution in [0.2, 0.25) is 0 Å². The lowest BCUT2D eigenvalue weighted by atomic mass is 10.1. The van der Waals surface area contributed by atoms with Crippen molar-refractivity contribution in [2.24, 2.45) is 0 Å². The topological polar surface area (TPSA) is 58.6 Å². The summed E-state index contributed by atoms with van der Waals surface area (Å²) in [6, 6.07) is 16.7. The smallest absolute Gasteiger partial charge is 0.256 e. The number of carbonyl (C=O) groups excluding carboxylic acids is 2. The van der Waals surface area contributed by atoms with Crippen LogP contribution in [0.3, 0.4) is 0 Å². The van der Waals surface area contributed by atoms with Crippen molar-refractivity contribution in [3.63, 3.8) is 0 Å². The Morgan fingerprint density at radius 2 is 1.70 bits per heavy atom. The highest BCUT2D eigenvalue weighted by Crippen LogP contribution is 2.18. The number of carbonyl (C=O) groups is 2. The minimum atomic E-state index is -0.293. The van der Waals surface area contributed by atoms with Gasteiger partial charge in [-0.25, -0.2) is 0 Å². The van der Waals surface area contributed by atoms with E-state index in [-0.39, 0.29) is 18.4 Å². The third kappa shape index (κ3) is 4.66. The molecule has 2 amide bonds. The molecular weight excluding hydrogens is 292 g/mol. The van der Waals surface area contributed by atoms with Crippen molar-refractivity contribution in [2.75, 3.05) is 26.1 Å². The summed E-state index contributed by atoms with van der Waals surface area (Å²) in [6.07, 6.45) is 0. The number of amides is 2. The molecule has 0 radical (unpaired) electrons. The molecule has 120 valence electrons. The monoisotopic (exact) mass is 312 g/mol. The molecule has 0 saturated heterocycles. The van der Waals surface area contributed by atoms with Crippen LogP contribution in [-0.2, 0) is 16.1 Å². The van der Waals surface area contributed by atoms with Crippen LogP contribution in [0.4, 0.5) is 5.69 Å². The first-order valence-corrected chi connectivity index (χ1v) is 7.29. The number of hydrogen-bond acceptors (Lipinski definition) is 3. The molecule has 0 aromatic heterocycles. The lowest BCUT2D eigenvalue weighted by molar-refractivity contribution is -0.119. The van der Waals surface area contributed by atoms with Crippen LogP contribution < -0.4 is 5.32 Å². The fraction of sp³-hybridized carbons (Fsp3) is 0.222. The first kappa shape index (κ1) is 16.7. The third-order valence-electron chi connectivity index (χ3n) is 3.32. The van der Waals surface area contributed by atoms with Gasteiger partial charge in [0, 0.05) is 20.7 Å². The number of nitrogens with one attached hydrogen (secondary N) is 1. The van der Waals surface area contributed by atoms with Crippen molar-refractivity contribution in [2.45, 2.75) is 6.54 Å². The summed E-state index contributed by atoms with van der Waals surface area (Å²) >= 11 is 0. The Labute approximate surface area is 135 Å². The molecule has 0 aliphatic carbocycles. The van der Waals surface area contributed by atoms with E-state index in [1.165, 1.54) is 7.11 Å². The van der Waals surface area contributed by atoms with Crippen molar-refractivity contribution < 1.29 is 14.3 Å². The van der Waals surface area contributed by atoms with Crippen molar-refractivity contribution in [3.05, 3.63) is 65.7 Å². The average Bonchev–Trinajstić information content (AvgIpc) is 2.56. The van der Waals surface area contributed by atoms with Gasteiger partial charge in [0.05, 0.1) is 11.3 Å². The van der Waals surface area contributed by atoms with Crippen LogP contribution in [0.15, 0.2) is 54.6 Å². The van der Waals surface area contributed by atoms with E-state index in [2.05, 4.69) is 5.32 Å². The third-order valence-corrected chi connectivity index (χ3v) is 3.32. The van der Waals surface area contributed by atoms with Gasteiger partial charge in [-0.2, -0.15) is 0 Å². The van der Waals surface area contributed by atoms with Gasteiger partial charge in [0.1, 0.15) is 6.61 Å². The zero-order valence-corrected chi connectivity index (χ0v) is 13.3. The minimum absolute atomic E-state index is 0.0532. The number of ether oxygens (including phenoxy) is 1. The first-order chi connectivity index (χ1) is 11.1. The first-order valence-electron chi connectivity index (χ1n) is 7.29. The van der Waals surface area contributed by atoms with Gasteiger partial charge in [0.25, 0.3) is 5.91 Å². The van der Waals surface area contributed by atoms with Gasteiger partial charge >= 0.3 is 0 Å². The van der Waals surface area contributed by atoms with Gasteiger partial charge in [0.15, 0.2) is 0 Å². The molecule has 0 atom stereocenters. The SMILES string of the molecule is COCC(=O)Nc1ccccc1C(=O)N(C)Cc1ccccc1. The Kier molecular flexibility index (Phi) is 5.88. The lowest BCUT2D eigenvalue weighted by Crippen LogP contribution is -2.28. The average molecular weight is 312 g/mol. The highest BCUT2D eigenvalue weighted by Gasteiger charge is 2.17. The van der Waals surface area contributed by atoms with E-state index < -0.39 is 0 Å². The molecule has 5 heteroatoms. The van der Waals surface area contributed by atoms with Crippen LogP contribution >= 0.6 is 0 Å². The number of anilines is 1. The van der Waals surface area contributed by atoms with E-state index in [1.54, 1.807) is 36.2 Å². The van der Waals surface area contributed by atoms with Crippen molar-refractivity contribution in [3.8, 4) is 0 Å². The molecule has 2 rings (SSSR count). The lowest BCUT2D eigenvalue weighted by Gasteiger charge is -2.19. The predicted molar refractivity (Wildman–Crippen MR) is 89.2 cm³/mol. The maximum absolute atomic E-state index is 12.7. The molecule has 0 unspecified atom stereocenters. The van der Waals surface area contributed by atoms with Crippen molar-refractivity contribution in [1.82, 2.24) is 4.90 Å². The van der Waals surface area contributed by atoms with Crippen LogP contribution in [0.25, 0.3) is 0 Å². The molecule has 0 heterocycles. The normalized spacial score (nSPS) is 10.2. The van der Waals surface area contributed by atoms with E-state index in [4.69, 9.17) is 4.74 Å². The molecule has 0 fully saturated rings. The van der Waals surface area contributed by atoms with E-state index in [9.17, 15) is 9.59 Å². The van der Waals surface area contributed by atoms with Crippen LogP contribution in [0, 0.1) is 0 Å². The molecule has 0 aliphatic rings. The van der Waals surface area contributed by atoms with E-state index >= 15 is 0 Å². The van der Waals surface area contributed by atoms with E-state index in [1.807, 2.05) is 30.3 Å². The molecule has 0 spiro atoms. The molecule has 2 aromatic rings. The van der Waals surface area contributed by atoms with Gasteiger partial charge in [-0.3, -0.25) is 9.59 Å². The second-order valence-corrected chi connectivity index (χ2v) is 5.17. The number of benzene rings is 2. The van der Waals surface area contributed by atoms with Gasteiger partial charge in [-0.15, -0.1) is 0 Å². The Bertz CT molecular complexity index is 671. The molecule has 0 aliphatic heterocycles. The fourth-order valence-electron chi connectivity index (χ4n) is 2.23. The number of para-hydroxylation sites is 1. The Morgan fingerprint density at radius 3 is 2.39 bits per heavy atom. The molecule has 5 nitrogen and oxygen atoms in total. The summed E-state index contributed by atoms with van der Waals surface area (Å²) in [7, 11) is 3.19. The van der Waals surface area contributed by atoms with Crippen LogP contribution in [-0.4, -0.2) is 37.5 Å². The second-order valence-electron chi connectivity index (χ2n) is 5.17. The fourth-order valence-corrected chi connectivity index (χ4v) is 2.23. The zero-order chi connectivity index (χ0) is 16.7. The quantitative estimate of drug-likeness (QED) is 0.892. The highest BCUT2D eigenvalue weighted by atomic mass is 16.5. The minimum Gasteiger partial charge on any atom is -0.375 e. The molecule has 1 N–H and O–H groups in total. The summed E-state index contributed by atoms with van der Waals surface area (Å²) < 4.78 is 4.80. The zero-order valence-electron chi connectivity index (χ0n) is 13.3. The van der Waals surface area contributed by atoms with Crippen molar-refractivity contribution in [1.29, 1.82) is 0 Å². The molecule has 23 heavy (non-hydrogen) atoms. The molecule has 0 saturated carbocycles. The summed E-state index contributed by atoms with van der Waals surface area (Å²) in [5.41, 5.74) is 1.99. The molecular formula is C18H20N2O3. The number of rotatable bonds is 6. The van der Waals surface area contributed by atoms with Gasteiger partial charge < -0.3 is 15.0 Å². The number of hydrogen-bond donors (Lipinski definition) is 1. The number of nitrogens with zero attached hydrogens (tertiary/aromatic N) is 1. The van der Waals surface area contributed by atoms with Crippen LogP contribution in [0.5, 0.6) is 0 Å². The summed E-state index contributed by atoms with van der Waals surface area (Å²) in [5, 5.41) is 2.70. The Morgan fingerprint density at radius 1 is 1.04 bits per heavy atom. The summed E-state index contributed by atoms with van der Waals surface area (Å²) in [4.78, 5) is 26.0. The maximum atomic E-state index is 12.7.